The molecule has 0 unspecified atom stereocenters. The highest BCUT2D eigenvalue weighted by Crippen LogP contribution is 2.29. The Balaban J connectivity index is 1.40. The van der Waals surface area contributed by atoms with E-state index in [2.05, 4.69) is 10.1 Å². The summed E-state index contributed by atoms with van der Waals surface area (Å²) in [4.78, 5) is 28.4. The van der Waals surface area contributed by atoms with Gasteiger partial charge in [-0.1, -0.05) is 5.16 Å². The summed E-state index contributed by atoms with van der Waals surface area (Å²) in [6.45, 7) is 0.908. The van der Waals surface area contributed by atoms with Crippen LogP contribution in [0.4, 0.5) is 5.69 Å². The van der Waals surface area contributed by atoms with Gasteiger partial charge in [-0.25, -0.2) is 0 Å². The number of nitro benzene ring substituents is 1. The van der Waals surface area contributed by atoms with Crippen LogP contribution in [0.2, 0.25) is 0 Å². The monoisotopic (exact) mass is 340 g/mol. The van der Waals surface area contributed by atoms with Crippen LogP contribution in [0.15, 0.2) is 51.6 Å². The van der Waals surface area contributed by atoms with Crippen molar-refractivity contribution in [2.75, 3.05) is 13.1 Å². The second-order valence-corrected chi connectivity index (χ2v) is 5.64. The van der Waals surface area contributed by atoms with E-state index < -0.39 is 4.92 Å². The van der Waals surface area contributed by atoms with E-state index in [0.717, 1.165) is 0 Å². The number of benzene rings is 1. The van der Waals surface area contributed by atoms with Crippen molar-refractivity contribution < 1.29 is 18.7 Å². The molecule has 4 rings (SSSR count). The van der Waals surface area contributed by atoms with Crippen molar-refractivity contribution in [1.82, 2.24) is 15.0 Å². The highest BCUT2D eigenvalue weighted by Gasteiger charge is 2.36. The summed E-state index contributed by atoms with van der Waals surface area (Å²) in [7, 11) is 0. The van der Waals surface area contributed by atoms with Crippen LogP contribution in [0, 0.1) is 10.1 Å². The quantitative estimate of drug-likeness (QED) is 0.529. The van der Waals surface area contributed by atoms with Crippen molar-refractivity contribution in [3.63, 3.8) is 0 Å². The number of likely N-dealkylation sites (tertiary alicyclic amines) is 1. The number of hydrogen-bond donors (Lipinski definition) is 0. The van der Waals surface area contributed by atoms with Gasteiger partial charge in [-0.15, -0.1) is 0 Å². The molecule has 25 heavy (non-hydrogen) atoms. The third-order valence-electron chi connectivity index (χ3n) is 4.03. The number of nitro groups is 1. The van der Waals surface area contributed by atoms with Gasteiger partial charge in [0, 0.05) is 30.8 Å². The fourth-order valence-corrected chi connectivity index (χ4v) is 2.62. The first-order chi connectivity index (χ1) is 12.1. The van der Waals surface area contributed by atoms with Crippen LogP contribution < -0.4 is 0 Å². The minimum absolute atomic E-state index is 0.0294. The Bertz CT molecular complexity index is 910. The summed E-state index contributed by atoms with van der Waals surface area (Å²) in [6.07, 6.45) is 1.53. The number of nitrogens with zero attached hydrogens (tertiary/aromatic N) is 4. The third kappa shape index (κ3) is 2.75. The number of furan rings is 1. The first-order valence-corrected chi connectivity index (χ1v) is 7.53. The van der Waals surface area contributed by atoms with Crippen LogP contribution in [0.3, 0.4) is 0 Å². The number of hydrogen-bond acceptors (Lipinski definition) is 7. The van der Waals surface area contributed by atoms with E-state index in [1.807, 2.05) is 0 Å². The number of amides is 1. The number of rotatable bonds is 4. The van der Waals surface area contributed by atoms with Crippen LogP contribution in [0.5, 0.6) is 0 Å². The molecule has 1 aliphatic rings. The van der Waals surface area contributed by atoms with Gasteiger partial charge >= 0.3 is 0 Å². The highest BCUT2D eigenvalue weighted by molar-refractivity contribution is 5.95. The SMILES string of the molecule is O=C(c1ccc([N+](=O)[O-])cc1)N1CC(c2nc(-c3ccco3)no2)C1. The van der Waals surface area contributed by atoms with Gasteiger partial charge in [0.15, 0.2) is 5.76 Å². The fourth-order valence-electron chi connectivity index (χ4n) is 2.62. The molecule has 0 atom stereocenters. The predicted molar refractivity (Wildman–Crippen MR) is 83.7 cm³/mol. The van der Waals surface area contributed by atoms with E-state index in [-0.39, 0.29) is 17.5 Å². The number of carbonyl (C=O) groups excluding carboxylic acids is 1. The summed E-state index contributed by atoms with van der Waals surface area (Å²) in [6, 6.07) is 9.01. The van der Waals surface area contributed by atoms with Crippen molar-refractivity contribution in [3.8, 4) is 11.6 Å². The van der Waals surface area contributed by atoms with Gasteiger partial charge in [0.25, 0.3) is 11.6 Å². The van der Waals surface area contributed by atoms with Gasteiger partial charge in [0.2, 0.25) is 11.7 Å². The molecule has 1 aromatic carbocycles. The minimum Gasteiger partial charge on any atom is -0.461 e. The molecule has 1 aliphatic heterocycles. The summed E-state index contributed by atoms with van der Waals surface area (Å²) in [5, 5.41) is 14.5. The largest absolute Gasteiger partial charge is 0.461 e. The third-order valence-corrected chi connectivity index (χ3v) is 4.03. The maximum Gasteiger partial charge on any atom is 0.269 e. The topological polar surface area (TPSA) is 116 Å². The lowest BCUT2D eigenvalue weighted by Crippen LogP contribution is -2.48. The van der Waals surface area contributed by atoms with E-state index in [1.54, 1.807) is 17.0 Å². The second-order valence-electron chi connectivity index (χ2n) is 5.64. The van der Waals surface area contributed by atoms with Gasteiger partial charge in [0.1, 0.15) is 0 Å². The molecule has 3 heterocycles. The number of non-ortho nitro benzene ring substituents is 1. The van der Waals surface area contributed by atoms with Crippen molar-refractivity contribution in [2.24, 2.45) is 0 Å². The lowest BCUT2D eigenvalue weighted by Gasteiger charge is -2.37. The molecule has 2 aromatic heterocycles. The zero-order valence-corrected chi connectivity index (χ0v) is 12.9. The molecule has 126 valence electrons. The van der Waals surface area contributed by atoms with E-state index in [0.29, 0.717) is 36.1 Å². The normalized spacial score (nSPS) is 14.3. The summed E-state index contributed by atoms with van der Waals surface area (Å²) >= 11 is 0. The Labute approximate surface area is 141 Å². The number of carbonyl (C=O) groups is 1. The van der Waals surface area contributed by atoms with E-state index in [9.17, 15) is 14.9 Å². The molecule has 0 N–H and O–H groups in total. The Morgan fingerprint density at radius 2 is 2.00 bits per heavy atom. The average Bonchev–Trinajstić information content (AvgIpc) is 3.25. The summed E-state index contributed by atoms with van der Waals surface area (Å²) < 4.78 is 10.4. The standard InChI is InChI=1S/C16H12N4O5/c21-16(10-3-5-12(6-4-10)20(22)23)19-8-11(9-19)15-17-14(18-25-15)13-2-1-7-24-13/h1-7,11H,8-9H2. The Morgan fingerprint density at radius 3 is 2.64 bits per heavy atom. The van der Waals surface area contributed by atoms with Gasteiger partial charge in [-0.05, 0) is 24.3 Å². The second kappa shape index (κ2) is 5.86. The molecule has 9 nitrogen and oxygen atoms in total. The Hall–Kier alpha value is -3.49. The fraction of sp³-hybridized carbons (Fsp3) is 0.188. The molecule has 0 aliphatic carbocycles. The van der Waals surface area contributed by atoms with Crippen LogP contribution in [0.25, 0.3) is 11.6 Å². The zero-order valence-electron chi connectivity index (χ0n) is 12.9. The predicted octanol–water partition coefficient (Wildman–Crippen LogP) is 2.48. The molecule has 0 spiro atoms. The minimum atomic E-state index is -0.500. The molecular formula is C16H12N4O5. The first-order valence-electron chi connectivity index (χ1n) is 7.53. The van der Waals surface area contributed by atoms with Crippen LogP contribution in [0.1, 0.15) is 22.2 Å². The van der Waals surface area contributed by atoms with Crippen molar-refractivity contribution in [1.29, 1.82) is 0 Å². The molecule has 0 bridgehead atoms. The first kappa shape index (κ1) is 15.1. The van der Waals surface area contributed by atoms with E-state index in [4.69, 9.17) is 8.94 Å². The van der Waals surface area contributed by atoms with E-state index in [1.165, 1.54) is 30.5 Å². The van der Waals surface area contributed by atoms with Crippen molar-refractivity contribution in [3.05, 3.63) is 64.2 Å². The van der Waals surface area contributed by atoms with Crippen molar-refractivity contribution in [2.45, 2.75) is 5.92 Å². The highest BCUT2D eigenvalue weighted by atomic mass is 16.6. The summed E-state index contributed by atoms with van der Waals surface area (Å²) in [5.41, 5.74) is 0.361. The summed E-state index contributed by atoms with van der Waals surface area (Å²) in [5.74, 6) is 1.14. The van der Waals surface area contributed by atoms with Crippen molar-refractivity contribution >= 4 is 11.6 Å². The average molecular weight is 340 g/mol. The lowest BCUT2D eigenvalue weighted by atomic mass is 9.98. The van der Waals surface area contributed by atoms with Gasteiger partial charge in [-0.3, -0.25) is 14.9 Å². The zero-order chi connectivity index (χ0) is 17.4. The van der Waals surface area contributed by atoms with Gasteiger partial charge in [0.05, 0.1) is 17.1 Å². The maximum atomic E-state index is 12.4. The molecule has 1 fully saturated rings. The van der Waals surface area contributed by atoms with E-state index >= 15 is 0 Å². The smallest absolute Gasteiger partial charge is 0.269 e. The molecular weight excluding hydrogens is 328 g/mol. The van der Waals surface area contributed by atoms with Crippen LogP contribution >= 0.6 is 0 Å². The Kier molecular flexibility index (Phi) is 3.53. The number of aromatic nitrogens is 2. The molecule has 0 saturated carbocycles. The molecule has 1 amide bonds. The Morgan fingerprint density at radius 1 is 1.24 bits per heavy atom. The molecule has 0 radical (unpaired) electrons. The molecule has 1 saturated heterocycles. The van der Waals surface area contributed by atoms with Gasteiger partial charge in [-0.2, -0.15) is 4.98 Å². The molecule has 9 heteroatoms. The van der Waals surface area contributed by atoms with Crippen LogP contribution in [-0.2, 0) is 0 Å². The maximum absolute atomic E-state index is 12.4. The van der Waals surface area contributed by atoms with Crippen LogP contribution in [-0.4, -0.2) is 39.0 Å². The van der Waals surface area contributed by atoms with Gasteiger partial charge < -0.3 is 13.8 Å². The lowest BCUT2D eigenvalue weighted by molar-refractivity contribution is -0.384. The molecule has 3 aromatic rings.